The first-order valence-electron chi connectivity index (χ1n) is 7.82. The zero-order valence-electron chi connectivity index (χ0n) is 13.6. The molecule has 0 saturated carbocycles. The lowest BCUT2D eigenvalue weighted by Gasteiger charge is -2.41. The number of piperidine rings is 1. The van der Waals surface area contributed by atoms with Crippen LogP contribution in [0.15, 0.2) is 0 Å². The quantitative estimate of drug-likeness (QED) is 0.850. The van der Waals surface area contributed by atoms with Crippen LogP contribution in [-0.2, 0) is 4.79 Å². The highest BCUT2D eigenvalue weighted by atomic mass is 16.2. The van der Waals surface area contributed by atoms with Crippen LogP contribution in [0.4, 0.5) is 0 Å². The van der Waals surface area contributed by atoms with Crippen molar-refractivity contribution in [1.29, 1.82) is 0 Å². The second-order valence-corrected chi connectivity index (χ2v) is 7.14. The molecule has 0 radical (unpaired) electrons. The first-order valence-corrected chi connectivity index (χ1v) is 7.82. The Kier molecular flexibility index (Phi) is 5.84. The number of hydrogen-bond donors (Lipinski definition) is 1. The third-order valence-corrected chi connectivity index (χ3v) is 4.37. The Hall–Kier alpha value is -0.570. The summed E-state index contributed by atoms with van der Waals surface area (Å²) < 4.78 is 0. The van der Waals surface area contributed by atoms with Crippen LogP contribution in [-0.4, -0.2) is 36.0 Å². The van der Waals surface area contributed by atoms with Crippen LogP contribution in [0.3, 0.4) is 0 Å². The number of nitrogens with zero attached hydrogens (tertiary/aromatic N) is 1. The SMILES string of the molecule is CCC1CC(NC(=O)C(C)(C)C)CN(C(C)CC)C1. The Balaban J connectivity index is 2.64. The topological polar surface area (TPSA) is 32.3 Å². The van der Waals surface area contributed by atoms with Crippen LogP contribution in [0.1, 0.15) is 60.8 Å². The van der Waals surface area contributed by atoms with E-state index in [0.29, 0.717) is 18.0 Å². The molecule has 1 aliphatic rings. The van der Waals surface area contributed by atoms with E-state index in [0.717, 1.165) is 13.0 Å². The number of likely N-dealkylation sites (tertiary alicyclic amines) is 1. The second kappa shape index (κ2) is 6.74. The smallest absolute Gasteiger partial charge is 0.225 e. The van der Waals surface area contributed by atoms with Crippen molar-refractivity contribution in [2.24, 2.45) is 11.3 Å². The summed E-state index contributed by atoms with van der Waals surface area (Å²) in [5, 5.41) is 3.25. The zero-order valence-corrected chi connectivity index (χ0v) is 13.6. The van der Waals surface area contributed by atoms with E-state index in [1.807, 2.05) is 20.8 Å². The van der Waals surface area contributed by atoms with Gasteiger partial charge in [0.25, 0.3) is 0 Å². The van der Waals surface area contributed by atoms with E-state index in [1.165, 1.54) is 19.4 Å². The molecule has 3 atom stereocenters. The number of carbonyl (C=O) groups excluding carboxylic acids is 1. The summed E-state index contributed by atoms with van der Waals surface area (Å²) >= 11 is 0. The average Bonchev–Trinajstić information content (AvgIpc) is 2.36. The van der Waals surface area contributed by atoms with Crippen molar-refractivity contribution < 1.29 is 4.79 Å². The Morgan fingerprint density at radius 1 is 1.32 bits per heavy atom. The summed E-state index contributed by atoms with van der Waals surface area (Å²) in [6.07, 6.45) is 3.51. The van der Waals surface area contributed by atoms with Gasteiger partial charge in [0, 0.05) is 30.6 Å². The first kappa shape index (κ1) is 16.5. The monoisotopic (exact) mass is 268 g/mol. The van der Waals surface area contributed by atoms with E-state index in [2.05, 4.69) is 31.0 Å². The lowest BCUT2D eigenvalue weighted by molar-refractivity contribution is -0.129. The maximum atomic E-state index is 12.1. The van der Waals surface area contributed by atoms with Gasteiger partial charge in [-0.15, -0.1) is 0 Å². The number of rotatable bonds is 4. The molecule has 0 bridgehead atoms. The van der Waals surface area contributed by atoms with Gasteiger partial charge in [-0.05, 0) is 25.7 Å². The Labute approximate surface area is 119 Å². The Bertz CT molecular complexity index is 296. The molecule has 3 heteroatoms. The van der Waals surface area contributed by atoms with Gasteiger partial charge in [-0.1, -0.05) is 41.0 Å². The molecule has 19 heavy (non-hydrogen) atoms. The predicted molar refractivity (Wildman–Crippen MR) is 81.1 cm³/mol. The number of nitrogens with one attached hydrogen (secondary N) is 1. The summed E-state index contributed by atoms with van der Waals surface area (Å²) in [4.78, 5) is 14.7. The van der Waals surface area contributed by atoms with Gasteiger partial charge in [-0.25, -0.2) is 0 Å². The highest BCUT2D eigenvalue weighted by Crippen LogP contribution is 2.23. The molecular weight excluding hydrogens is 236 g/mol. The van der Waals surface area contributed by atoms with Gasteiger partial charge >= 0.3 is 0 Å². The van der Waals surface area contributed by atoms with Gasteiger partial charge in [0.1, 0.15) is 0 Å². The maximum Gasteiger partial charge on any atom is 0.225 e. The summed E-state index contributed by atoms with van der Waals surface area (Å²) in [6.45, 7) is 14.9. The van der Waals surface area contributed by atoms with Crippen LogP contribution in [0.2, 0.25) is 0 Å². The molecule has 0 aromatic carbocycles. The lowest BCUT2D eigenvalue weighted by atomic mass is 9.89. The molecule has 112 valence electrons. The van der Waals surface area contributed by atoms with Crippen LogP contribution in [0, 0.1) is 11.3 Å². The molecule has 1 heterocycles. The Morgan fingerprint density at radius 3 is 2.42 bits per heavy atom. The van der Waals surface area contributed by atoms with Crippen LogP contribution >= 0.6 is 0 Å². The summed E-state index contributed by atoms with van der Waals surface area (Å²) in [7, 11) is 0. The molecule has 1 N–H and O–H groups in total. The third-order valence-electron chi connectivity index (χ3n) is 4.37. The molecular formula is C16H32N2O. The van der Waals surface area contributed by atoms with E-state index in [-0.39, 0.29) is 11.3 Å². The molecule has 1 amide bonds. The highest BCUT2D eigenvalue weighted by molar-refractivity contribution is 5.81. The maximum absolute atomic E-state index is 12.1. The minimum atomic E-state index is -0.291. The van der Waals surface area contributed by atoms with Crippen molar-refractivity contribution >= 4 is 5.91 Å². The summed E-state index contributed by atoms with van der Waals surface area (Å²) in [5.74, 6) is 0.895. The number of hydrogen-bond acceptors (Lipinski definition) is 2. The van der Waals surface area contributed by atoms with Crippen molar-refractivity contribution in [3.05, 3.63) is 0 Å². The van der Waals surface area contributed by atoms with Crippen LogP contribution < -0.4 is 5.32 Å². The zero-order chi connectivity index (χ0) is 14.6. The van der Waals surface area contributed by atoms with Crippen LogP contribution in [0.5, 0.6) is 0 Å². The second-order valence-electron chi connectivity index (χ2n) is 7.14. The van der Waals surface area contributed by atoms with E-state index in [1.54, 1.807) is 0 Å². The van der Waals surface area contributed by atoms with E-state index in [9.17, 15) is 4.79 Å². The molecule has 3 nitrogen and oxygen atoms in total. The normalized spacial score (nSPS) is 27.1. The van der Waals surface area contributed by atoms with Crippen molar-refractivity contribution in [2.75, 3.05) is 13.1 Å². The average molecular weight is 268 g/mol. The summed E-state index contributed by atoms with van der Waals surface area (Å²) in [5.41, 5.74) is -0.291. The van der Waals surface area contributed by atoms with Crippen molar-refractivity contribution in [2.45, 2.75) is 72.9 Å². The first-order chi connectivity index (χ1) is 8.77. The molecule has 0 aromatic rings. The van der Waals surface area contributed by atoms with Crippen molar-refractivity contribution in [1.82, 2.24) is 10.2 Å². The minimum absolute atomic E-state index is 0.179. The van der Waals surface area contributed by atoms with Crippen LogP contribution in [0.25, 0.3) is 0 Å². The molecule has 1 aliphatic heterocycles. The third kappa shape index (κ3) is 4.79. The van der Waals surface area contributed by atoms with E-state index < -0.39 is 0 Å². The van der Waals surface area contributed by atoms with Gasteiger partial charge in [-0.2, -0.15) is 0 Å². The number of amides is 1. The Morgan fingerprint density at radius 2 is 1.95 bits per heavy atom. The molecule has 3 unspecified atom stereocenters. The van der Waals surface area contributed by atoms with Gasteiger partial charge in [-0.3, -0.25) is 9.69 Å². The van der Waals surface area contributed by atoms with Crippen molar-refractivity contribution in [3.63, 3.8) is 0 Å². The summed E-state index contributed by atoms with van der Waals surface area (Å²) in [6, 6.07) is 0.933. The van der Waals surface area contributed by atoms with Gasteiger partial charge < -0.3 is 5.32 Å². The fourth-order valence-corrected chi connectivity index (χ4v) is 2.66. The largest absolute Gasteiger partial charge is 0.352 e. The lowest BCUT2D eigenvalue weighted by Crippen LogP contribution is -2.54. The fourth-order valence-electron chi connectivity index (χ4n) is 2.66. The van der Waals surface area contributed by atoms with E-state index >= 15 is 0 Å². The minimum Gasteiger partial charge on any atom is -0.352 e. The van der Waals surface area contributed by atoms with Gasteiger partial charge in [0.05, 0.1) is 0 Å². The predicted octanol–water partition coefficient (Wildman–Crippen LogP) is 3.05. The standard InChI is InChI=1S/C16H32N2O/c1-7-12(3)18-10-13(8-2)9-14(11-18)17-15(19)16(4,5)6/h12-14H,7-11H2,1-6H3,(H,17,19). The molecule has 0 spiro atoms. The van der Waals surface area contributed by atoms with Gasteiger partial charge in [0.2, 0.25) is 5.91 Å². The van der Waals surface area contributed by atoms with E-state index in [4.69, 9.17) is 0 Å². The molecule has 1 fully saturated rings. The molecule has 1 rings (SSSR count). The highest BCUT2D eigenvalue weighted by Gasteiger charge is 2.31. The molecule has 0 aliphatic carbocycles. The fraction of sp³-hybridized carbons (Fsp3) is 0.938. The number of carbonyl (C=O) groups is 1. The molecule has 0 aromatic heterocycles. The molecule has 1 saturated heterocycles. The van der Waals surface area contributed by atoms with Gasteiger partial charge in [0.15, 0.2) is 0 Å². The van der Waals surface area contributed by atoms with Crippen molar-refractivity contribution in [3.8, 4) is 0 Å².